The fourth-order valence-corrected chi connectivity index (χ4v) is 2.20. The fraction of sp³-hybridized carbons (Fsp3) is 0.188. The van der Waals surface area contributed by atoms with Crippen LogP contribution >= 0.6 is 0 Å². The van der Waals surface area contributed by atoms with Crippen molar-refractivity contribution in [2.24, 2.45) is 0 Å². The number of aromatic nitrogens is 3. The normalized spacial score (nSPS) is 10.8. The van der Waals surface area contributed by atoms with Gasteiger partial charge < -0.3 is 10.1 Å². The molecule has 1 aromatic carbocycles. The van der Waals surface area contributed by atoms with Crippen LogP contribution in [0.5, 0.6) is 0 Å². The zero-order valence-electron chi connectivity index (χ0n) is 12.2. The Balaban J connectivity index is 1.83. The number of hydrogen-bond donors (Lipinski definition) is 1. The number of nitrogens with one attached hydrogen (secondary N) is 1. The van der Waals surface area contributed by atoms with Gasteiger partial charge in [0, 0.05) is 24.4 Å². The van der Waals surface area contributed by atoms with Gasteiger partial charge in [0.05, 0.1) is 24.9 Å². The Bertz CT molecular complexity index is 783. The van der Waals surface area contributed by atoms with E-state index >= 15 is 0 Å². The summed E-state index contributed by atoms with van der Waals surface area (Å²) in [5, 5.41) is 8.19. The van der Waals surface area contributed by atoms with Crippen molar-refractivity contribution in [3.63, 3.8) is 0 Å². The van der Waals surface area contributed by atoms with E-state index in [1.54, 1.807) is 37.7 Å². The highest BCUT2D eigenvalue weighted by molar-refractivity contribution is 6.03. The number of nitrogens with zero attached hydrogens (tertiary/aromatic N) is 3. The zero-order valence-corrected chi connectivity index (χ0v) is 12.2. The molecule has 0 radical (unpaired) electrons. The van der Waals surface area contributed by atoms with E-state index in [2.05, 4.69) is 15.4 Å². The SMILES string of the molecule is COCCn1ncc2ccc(NC(=O)c3ccccn3)cc21. The van der Waals surface area contributed by atoms with Crippen molar-refractivity contribution in [3.8, 4) is 0 Å². The zero-order chi connectivity index (χ0) is 15.4. The molecule has 0 aliphatic heterocycles. The van der Waals surface area contributed by atoms with Gasteiger partial charge in [-0.05, 0) is 30.3 Å². The monoisotopic (exact) mass is 296 g/mol. The van der Waals surface area contributed by atoms with E-state index < -0.39 is 0 Å². The third-order valence-electron chi connectivity index (χ3n) is 3.31. The summed E-state index contributed by atoms with van der Waals surface area (Å²) in [4.78, 5) is 16.2. The average molecular weight is 296 g/mol. The van der Waals surface area contributed by atoms with Crippen LogP contribution < -0.4 is 5.32 Å². The molecule has 3 rings (SSSR count). The van der Waals surface area contributed by atoms with E-state index in [-0.39, 0.29) is 5.91 Å². The predicted molar refractivity (Wildman–Crippen MR) is 83.8 cm³/mol. The van der Waals surface area contributed by atoms with Crippen LogP contribution in [-0.2, 0) is 11.3 Å². The number of amides is 1. The highest BCUT2D eigenvalue weighted by Gasteiger charge is 2.09. The van der Waals surface area contributed by atoms with E-state index in [0.29, 0.717) is 24.5 Å². The molecular weight excluding hydrogens is 280 g/mol. The molecule has 1 N–H and O–H groups in total. The van der Waals surface area contributed by atoms with Gasteiger partial charge >= 0.3 is 0 Å². The first-order chi connectivity index (χ1) is 10.8. The molecule has 2 aromatic heterocycles. The maximum absolute atomic E-state index is 12.1. The summed E-state index contributed by atoms with van der Waals surface area (Å²) >= 11 is 0. The number of carbonyl (C=O) groups excluding carboxylic acids is 1. The van der Waals surface area contributed by atoms with E-state index in [4.69, 9.17) is 4.74 Å². The van der Waals surface area contributed by atoms with Gasteiger partial charge in [0.15, 0.2) is 0 Å². The maximum Gasteiger partial charge on any atom is 0.274 e. The first-order valence-electron chi connectivity index (χ1n) is 6.95. The molecule has 0 saturated carbocycles. The molecule has 0 bridgehead atoms. The Morgan fingerprint density at radius 1 is 1.32 bits per heavy atom. The molecule has 22 heavy (non-hydrogen) atoms. The van der Waals surface area contributed by atoms with Gasteiger partial charge in [-0.3, -0.25) is 14.5 Å². The van der Waals surface area contributed by atoms with Crippen molar-refractivity contribution in [3.05, 3.63) is 54.5 Å². The summed E-state index contributed by atoms with van der Waals surface area (Å²) in [7, 11) is 1.66. The Morgan fingerprint density at radius 2 is 2.23 bits per heavy atom. The Morgan fingerprint density at radius 3 is 3.00 bits per heavy atom. The molecule has 1 amide bonds. The number of pyridine rings is 1. The number of hydrogen-bond acceptors (Lipinski definition) is 4. The van der Waals surface area contributed by atoms with Gasteiger partial charge in [-0.15, -0.1) is 0 Å². The topological polar surface area (TPSA) is 69.0 Å². The molecule has 6 heteroatoms. The fourth-order valence-electron chi connectivity index (χ4n) is 2.20. The molecule has 0 aliphatic rings. The molecule has 0 aliphatic carbocycles. The minimum Gasteiger partial charge on any atom is -0.383 e. The smallest absolute Gasteiger partial charge is 0.274 e. The average Bonchev–Trinajstić information content (AvgIpc) is 2.96. The van der Waals surface area contributed by atoms with Crippen LogP contribution in [0.25, 0.3) is 10.9 Å². The molecule has 3 aromatic rings. The number of benzene rings is 1. The van der Waals surface area contributed by atoms with E-state index in [1.807, 2.05) is 22.9 Å². The van der Waals surface area contributed by atoms with Gasteiger partial charge in [0.2, 0.25) is 0 Å². The Kier molecular flexibility index (Phi) is 4.11. The number of methoxy groups -OCH3 is 1. The number of anilines is 1. The molecule has 6 nitrogen and oxygen atoms in total. The molecule has 0 unspecified atom stereocenters. The Hall–Kier alpha value is -2.73. The molecule has 0 fully saturated rings. The standard InChI is InChI=1S/C16H16N4O2/c1-22-9-8-20-15-10-13(6-5-12(15)11-18-20)19-16(21)14-4-2-3-7-17-14/h2-7,10-11H,8-9H2,1H3,(H,19,21). The highest BCUT2D eigenvalue weighted by atomic mass is 16.5. The number of ether oxygens (including phenoxy) is 1. The van der Waals surface area contributed by atoms with Crippen LogP contribution in [0, 0.1) is 0 Å². The molecular formula is C16H16N4O2. The van der Waals surface area contributed by atoms with E-state index in [9.17, 15) is 4.79 Å². The van der Waals surface area contributed by atoms with Gasteiger partial charge in [0.1, 0.15) is 5.69 Å². The lowest BCUT2D eigenvalue weighted by Gasteiger charge is -2.06. The van der Waals surface area contributed by atoms with Gasteiger partial charge in [-0.2, -0.15) is 5.10 Å². The summed E-state index contributed by atoms with van der Waals surface area (Å²) in [6.45, 7) is 1.25. The summed E-state index contributed by atoms with van der Waals surface area (Å²) in [6, 6.07) is 10.9. The summed E-state index contributed by atoms with van der Waals surface area (Å²) in [5.41, 5.74) is 2.05. The summed E-state index contributed by atoms with van der Waals surface area (Å²) in [6.07, 6.45) is 3.40. The largest absolute Gasteiger partial charge is 0.383 e. The van der Waals surface area contributed by atoms with Crippen molar-refractivity contribution in [1.29, 1.82) is 0 Å². The third-order valence-corrected chi connectivity index (χ3v) is 3.31. The van der Waals surface area contributed by atoms with Crippen molar-refractivity contribution >= 4 is 22.5 Å². The minimum absolute atomic E-state index is 0.233. The summed E-state index contributed by atoms with van der Waals surface area (Å²) in [5.74, 6) is -0.233. The van der Waals surface area contributed by atoms with Crippen molar-refractivity contribution in [2.45, 2.75) is 6.54 Å². The molecule has 0 spiro atoms. The van der Waals surface area contributed by atoms with E-state index in [0.717, 1.165) is 10.9 Å². The second-order valence-corrected chi connectivity index (χ2v) is 4.80. The lowest BCUT2D eigenvalue weighted by molar-refractivity contribution is 0.102. The lowest BCUT2D eigenvalue weighted by Crippen LogP contribution is -2.13. The number of fused-ring (bicyclic) bond motifs is 1. The van der Waals surface area contributed by atoms with Crippen LogP contribution in [0.15, 0.2) is 48.8 Å². The quantitative estimate of drug-likeness (QED) is 0.784. The van der Waals surface area contributed by atoms with Crippen LogP contribution in [0.2, 0.25) is 0 Å². The second kappa shape index (κ2) is 6.36. The van der Waals surface area contributed by atoms with Crippen molar-refractivity contribution < 1.29 is 9.53 Å². The van der Waals surface area contributed by atoms with Crippen LogP contribution in [0.4, 0.5) is 5.69 Å². The lowest BCUT2D eigenvalue weighted by atomic mass is 10.2. The van der Waals surface area contributed by atoms with Gasteiger partial charge in [0.25, 0.3) is 5.91 Å². The first kappa shape index (κ1) is 14.2. The number of carbonyl (C=O) groups is 1. The molecule has 112 valence electrons. The van der Waals surface area contributed by atoms with Crippen LogP contribution in [0.3, 0.4) is 0 Å². The molecule has 0 atom stereocenters. The third kappa shape index (κ3) is 2.96. The van der Waals surface area contributed by atoms with E-state index in [1.165, 1.54) is 0 Å². The first-order valence-corrected chi connectivity index (χ1v) is 6.95. The van der Waals surface area contributed by atoms with Gasteiger partial charge in [-0.1, -0.05) is 6.07 Å². The number of rotatable bonds is 5. The summed E-state index contributed by atoms with van der Waals surface area (Å²) < 4.78 is 6.93. The maximum atomic E-state index is 12.1. The minimum atomic E-state index is -0.233. The van der Waals surface area contributed by atoms with Crippen LogP contribution in [0.1, 0.15) is 10.5 Å². The highest BCUT2D eigenvalue weighted by Crippen LogP contribution is 2.19. The van der Waals surface area contributed by atoms with Gasteiger partial charge in [-0.25, -0.2) is 0 Å². The molecule has 0 saturated heterocycles. The molecule has 2 heterocycles. The second-order valence-electron chi connectivity index (χ2n) is 4.80. The predicted octanol–water partition coefficient (Wildman–Crippen LogP) is 2.33. The Labute approximate surface area is 127 Å². The van der Waals surface area contributed by atoms with Crippen molar-refractivity contribution in [2.75, 3.05) is 19.0 Å². The van der Waals surface area contributed by atoms with Crippen LogP contribution in [-0.4, -0.2) is 34.4 Å². The van der Waals surface area contributed by atoms with Crippen molar-refractivity contribution in [1.82, 2.24) is 14.8 Å².